The summed E-state index contributed by atoms with van der Waals surface area (Å²) in [6, 6.07) is 4.03. The van der Waals surface area contributed by atoms with E-state index in [1.165, 1.54) is 20.3 Å². The van der Waals surface area contributed by atoms with E-state index in [1.54, 1.807) is 19.1 Å². The van der Waals surface area contributed by atoms with Crippen molar-refractivity contribution >= 4 is 17.8 Å². The molecule has 25 heavy (non-hydrogen) atoms. The van der Waals surface area contributed by atoms with E-state index in [-0.39, 0.29) is 17.2 Å². The van der Waals surface area contributed by atoms with Gasteiger partial charge < -0.3 is 24.8 Å². The fraction of sp³-hybridized carbons (Fsp3) is 0.471. The minimum absolute atomic E-state index is 0.142. The molecule has 0 saturated carbocycles. The second kappa shape index (κ2) is 10.2. The fourth-order valence-electron chi connectivity index (χ4n) is 2.01. The molecule has 1 atom stereocenters. The molecule has 0 saturated heterocycles. The van der Waals surface area contributed by atoms with E-state index in [4.69, 9.17) is 14.2 Å². The number of nitrogens with one attached hydrogen (secondary N) is 2. The third-order valence-electron chi connectivity index (χ3n) is 3.28. The lowest BCUT2D eigenvalue weighted by Crippen LogP contribution is -2.46. The maximum Gasteiger partial charge on any atom is 0.342 e. The maximum absolute atomic E-state index is 12.1. The Morgan fingerprint density at radius 3 is 2.48 bits per heavy atom. The zero-order chi connectivity index (χ0) is 18.8. The number of carbonyl (C=O) groups is 3. The highest BCUT2D eigenvalue weighted by molar-refractivity contribution is 5.95. The highest BCUT2D eigenvalue weighted by Crippen LogP contribution is 2.30. The molecule has 0 heterocycles. The molecule has 0 bridgehead atoms. The second-order valence-electron chi connectivity index (χ2n) is 5.20. The Kier molecular flexibility index (Phi) is 8.25. The molecule has 0 aliphatic heterocycles. The molecule has 1 aromatic carbocycles. The van der Waals surface area contributed by atoms with Crippen LogP contribution in [0, 0.1) is 0 Å². The van der Waals surface area contributed by atoms with Gasteiger partial charge in [0.2, 0.25) is 5.91 Å². The van der Waals surface area contributed by atoms with E-state index >= 15 is 0 Å². The van der Waals surface area contributed by atoms with Crippen molar-refractivity contribution in [1.82, 2.24) is 10.6 Å². The van der Waals surface area contributed by atoms with Crippen molar-refractivity contribution in [2.75, 3.05) is 27.4 Å². The lowest BCUT2D eigenvalue weighted by atomic mass is 10.2. The highest BCUT2D eigenvalue weighted by atomic mass is 16.5. The first-order valence-corrected chi connectivity index (χ1v) is 7.89. The van der Waals surface area contributed by atoms with Crippen LogP contribution < -0.4 is 20.1 Å². The van der Waals surface area contributed by atoms with Crippen molar-refractivity contribution in [2.24, 2.45) is 0 Å². The molecule has 138 valence electrons. The standard InChI is InChI=1S/C17H24N2O6/c1-5-9-18-16(21)11(2)19-14(20)10-25-17(22)12-7-6-8-13(23-3)15(12)24-4/h6-8,11H,5,9-10H2,1-4H3,(H,18,21)(H,19,20)/t11-/m0/s1. The van der Waals surface area contributed by atoms with Gasteiger partial charge in [-0.2, -0.15) is 0 Å². The van der Waals surface area contributed by atoms with E-state index in [1.807, 2.05) is 6.92 Å². The van der Waals surface area contributed by atoms with Gasteiger partial charge >= 0.3 is 5.97 Å². The monoisotopic (exact) mass is 352 g/mol. The first-order chi connectivity index (χ1) is 11.9. The predicted molar refractivity (Wildman–Crippen MR) is 90.7 cm³/mol. The molecule has 0 spiro atoms. The van der Waals surface area contributed by atoms with Gasteiger partial charge in [0.25, 0.3) is 5.91 Å². The fourth-order valence-corrected chi connectivity index (χ4v) is 2.01. The van der Waals surface area contributed by atoms with Crippen molar-refractivity contribution in [3.8, 4) is 11.5 Å². The van der Waals surface area contributed by atoms with Crippen LogP contribution in [0.2, 0.25) is 0 Å². The van der Waals surface area contributed by atoms with Crippen LogP contribution in [0.15, 0.2) is 18.2 Å². The molecule has 1 aromatic rings. The smallest absolute Gasteiger partial charge is 0.342 e. The summed E-state index contributed by atoms with van der Waals surface area (Å²) in [5, 5.41) is 5.13. The molecule has 0 radical (unpaired) electrons. The van der Waals surface area contributed by atoms with Crippen molar-refractivity contribution in [2.45, 2.75) is 26.3 Å². The predicted octanol–water partition coefficient (Wildman–Crippen LogP) is 0.892. The summed E-state index contributed by atoms with van der Waals surface area (Å²) in [5.74, 6) is -0.996. The van der Waals surface area contributed by atoms with Gasteiger partial charge in [0.1, 0.15) is 11.6 Å². The Balaban J connectivity index is 2.59. The topological polar surface area (TPSA) is 103 Å². The lowest BCUT2D eigenvalue weighted by molar-refractivity contribution is -0.130. The first kappa shape index (κ1) is 20.3. The minimum atomic E-state index is -0.728. The summed E-state index contributed by atoms with van der Waals surface area (Å²) < 4.78 is 15.2. The number of hydrogen-bond acceptors (Lipinski definition) is 6. The lowest BCUT2D eigenvalue weighted by Gasteiger charge is -2.14. The molecule has 0 aliphatic rings. The number of ether oxygens (including phenoxy) is 3. The van der Waals surface area contributed by atoms with Crippen LogP contribution in [0.1, 0.15) is 30.6 Å². The number of methoxy groups -OCH3 is 2. The van der Waals surface area contributed by atoms with Gasteiger partial charge in [0.15, 0.2) is 18.1 Å². The zero-order valence-electron chi connectivity index (χ0n) is 14.9. The summed E-state index contributed by atoms with van der Waals surface area (Å²) in [6.45, 7) is 3.50. The summed E-state index contributed by atoms with van der Waals surface area (Å²) >= 11 is 0. The molecule has 8 heteroatoms. The number of para-hydroxylation sites is 1. The summed E-state index contributed by atoms with van der Waals surface area (Å²) in [6.07, 6.45) is 0.798. The average molecular weight is 352 g/mol. The van der Waals surface area contributed by atoms with Crippen molar-refractivity contribution in [3.63, 3.8) is 0 Å². The second-order valence-corrected chi connectivity index (χ2v) is 5.20. The average Bonchev–Trinajstić information content (AvgIpc) is 2.62. The number of benzene rings is 1. The number of esters is 1. The molecule has 0 aromatic heterocycles. The summed E-state index contributed by atoms with van der Waals surface area (Å²) in [4.78, 5) is 35.6. The Morgan fingerprint density at radius 2 is 1.88 bits per heavy atom. The quantitative estimate of drug-likeness (QED) is 0.640. The van der Waals surface area contributed by atoms with Gasteiger partial charge in [-0.25, -0.2) is 4.79 Å². The van der Waals surface area contributed by atoms with Crippen LogP contribution >= 0.6 is 0 Å². The van der Waals surface area contributed by atoms with Crippen molar-refractivity contribution in [3.05, 3.63) is 23.8 Å². The summed E-state index contributed by atoms with van der Waals surface area (Å²) in [7, 11) is 2.85. The molecular formula is C17H24N2O6. The Hall–Kier alpha value is -2.77. The van der Waals surface area contributed by atoms with E-state index < -0.39 is 24.5 Å². The third kappa shape index (κ3) is 5.98. The number of amides is 2. The molecule has 0 aliphatic carbocycles. The summed E-state index contributed by atoms with van der Waals surface area (Å²) in [5.41, 5.74) is 0.142. The molecule has 1 rings (SSSR count). The number of rotatable bonds is 9. The van der Waals surface area contributed by atoms with Crippen LogP contribution in [0.5, 0.6) is 11.5 Å². The van der Waals surface area contributed by atoms with Crippen LogP contribution in [0.4, 0.5) is 0 Å². The first-order valence-electron chi connectivity index (χ1n) is 7.89. The normalized spacial score (nSPS) is 11.2. The Labute approximate surface area is 146 Å². The van der Waals surface area contributed by atoms with Gasteiger partial charge in [-0.05, 0) is 25.5 Å². The van der Waals surface area contributed by atoms with Gasteiger partial charge in [0.05, 0.1) is 14.2 Å². The van der Waals surface area contributed by atoms with E-state index in [0.717, 1.165) is 6.42 Å². The van der Waals surface area contributed by atoms with Gasteiger partial charge in [-0.3, -0.25) is 9.59 Å². The van der Waals surface area contributed by atoms with Crippen LogP contribution in [0.3, 0.4) is 0 Å². The van der Waals surface area contributed by atoms with Gasteiger partial charge in [-0.15, -0.1) is 0 Å². The maximum atomic E-state index is 12.1. The highest BCUT2D eigenvalue weighted by Gasteiger charge is 2.20. The van der Waals surface area contributed by atoms with Crippen LogP contribution in [0.25, 0.3) is 0 Å². The number of carbonyl (C=O) groups excluding carboxylic acids is 3. The molecule has 0 unspecified atom stereocenters. The molecular weight excluding hydrogens is 328 g/mol. The largest absolute Gasteiger partial charge is 0.493 e. The number of hydrogen-bond donors (Lipinski definition) is 2. The van der Waals surface area contributed by atoms with E-state index in [0.29, 0.717) is 12.3 Å². The minimum Gasteiger partial charge on any atom is -0.493 e. The van der Waals surface area contributed by atoms with Crippen LogP contribution in [-0.4, -0.2) is 51.2 Å². The molecule has 8 nitrogen and oxygen atoms in total. The van der Waals surface area contributed by atoms with Crippen LogP contribution in [-0.2, 0) is 14.3 Å². The molecule has 2 N–H and O–H groups in total. The zero-order valence-corrected chi connectivity index (χ0v) is 14.9. The molecule has 0 fully saturated rings. The van der Waals surface area contributed by atoms with Gasteiger partial charge in [-0.1, -0.05) is 13.0 Å². The third-order valence-corrected chi connectivity index (χ3v) is 3.28. The SMILES string of the molecule is CCCNC(=O)[C@H](C)NC(=O)COC(=O)c1cccc(OC)c1OC. The van der Waals surface area contributed by atoms with Gasteiger partial charge in [0, 0.05) is 6.54 Å². The van der Waals surface area contributed by atoms with E-state index in [2.05, 4.69) is 10.6 Å². The van der Waals surface area contributed by atoms with E-state index in [9.17, 15) is 14.4 Å². The van der Waals surface area contributed by atoms with Crippen molar-refractivity contribution in [1.29, 1.82) is 0 Å². The van der Waals surface area contributed by atoms with Crippen molar-refractivity contribution < 1.29 is 28.6 Å². The Bertz CT molecular complexity index is 617. The molecule has 2 amide bonds. The Morgan fingerprint density at radius 1 is 1.16 bits per heavy atom.